The molecule has 0 aliphatic carbocycles. The van der Waals surface area contributed by atoms with E-state index in [4.69, 9.17) is 23.2 Å². The van der Waals surface area contributed by atoms with Crippen molar-refractivity contribution in [1.82, 2.24) is 5.32 Å². The summed E-state index contributed by atoms with van der Waals surface area (Å²) in [5, 5.41) is 4.03. The predicted octanol–water partition coefficient (Wildman–Crippen LogP) is 4.77. The fourth-order valence-electron chi connectivity index (χ4n) is 2.08. The molecule has 0 saturated carbocycles. The Morgan fingerprint density at radius 2 is 1.65 bits per heavy atom. The summed E-state index contributed by atoms with van der Waals surface area (Å²) in [5.74, 6) is -1.16. The Balaban J connectivity index is 2.26. The van der Waals surface area contributed by atoms with E-state index in [1.807, 2.05) is 6.07 Å². The molecule has 0 aromatic heterocycles. The van der Waals surface area contributed by atoms with Crippen molar-refractivity contribution < 1.29 is 8.78 Å². The van der Waals surface area contributed by atoms with Crippen LogP contribution in [0.2, 0.25) is 10.0 Å². The van der Waals surface area contributed by atoms with Crippen LogP contribution < -0.4 is 5.32 Å². The van der Waals surface area contributed by atoms with Crippen LogP contribution in [0.1, 0.15) is 17.2 Å². The minimum Gasteiger partial charge on any atom is -0.313 e. The lowest BCUT2D eigenvalue weighted by molar-refractivity contribution is 0.562. The molecule has 0 aliphatic rings. The monoisotopic (exact) mass is 315 g/mol. The van der Waals surface area contributed by atoms with Crippen molar-refractivity contribution in [2.24, 2.45) is 0 Å². The third-order valence-corrected chi connectivity index (χ3v) is 3.80. The molecule has 5 heteroatoms. The molecular formula is C15H13Cl2F2N. The maximum atomic E-state index is 13.2. The third kappa shape index (κ3) is 3.69. The summed E-state index contributed by atoms with van der Waals surface area (Å²) in [6.07, 6.45) is 0.448. The quantitative estimate of drug-likeness (QED) is 0.856. The second kappa shape index (κ2) is 6.53. The number of likely N-dealkylation sites (N-methyl/N-ethyl adjacent to an activating group) is 1. The first-order valence-electron chi connectivity index (χ1n) is 6.07. The van der Waals surface area contributed by atoms with Gasteiger partial charge in [-0.1, -0.05) is 29.3 Å². The standard InChI is InChI=1S/C15H13Cl2F2N/c1-20-15(10-2-3-13(16)14(17)7-10)6-9-4-11(18)8-12(19)5-9/h2-5,7-8,15,20H,6H2,1H3. The Labute approximate surface area is 126 Å². The number of hydrogen-bond acceptors (Lipinski definition) is 1. The number of halogens is 4. The Kier molecular flexibility index (Phi) is 4.97. The Hall–Kier alpha value is -1.16. The van der Waals surface area contributed by atoms with E-state index in [9.17, 15) is 8.78 Å². The molecule has 0 aliphatic heterocycles. The van der Waals surface area contributed by atoms with Crippen molar-refractivity contribution >= 4 is 23.2 Å². The fourth-order valence-corrected chi connectivity index (χ4v) is 2.39. The zero-order chi connectivity index (χ0) is 14.7. The summed E-state index contributed by atoms with van der Waals surface area (Å²) in [6.45, 7) is 0. The Morgan fingerprint density at radius 3 is 2.20 bits per heavy atom. The van der Waals surface area contributed by atoms with Crippen molar-refractivity contribution in [2.45, 2.75) is 12.5 Å². The maximum Gasteiger partial charge on any atom is 0.126 e. The summed E-state index contributed by atoms with van der Waals surface area (Å²) < 4.78 is 26.4. The van der Waals surface area contributed by atoms with Gasteiger partial charge in [0.05, 0.1) is 10.0 Å². The highest BCUT2D eigenvalue weighted by molar-refractivity contribution is 6.42. The maximum absolute atomic E-state index is 13.2. The second-order valence-corrected chi connectivity index (χ2v) is 5.31. The molecule has 1 N–H and O–H groups in total. The summed E-state index contributed by atoms with van der Waals surface area (Å²) in [5.41, 5.74) is 1.49. The van der Waals surface area contributed by atoms with Crippen molar-refractivity contribution in [3.8, 4) is 0 Å². The van der Waals surface area contributed by atoms with Gasteiger partial charge in [0.2, 0.25) is 0 Å². The van der Waals surface area contributed by atoms with Gasteiger partial charge >= 0.3 is 0 Å². The zero-order valence-electron chi connectivity index (χ0n) is 10.8. The Morgan fingerprint density at radius 1 is 1.00 bits per heavy atom. The molecular weight excluding hydrogens is 303 g/mol. The molecule has 0 bridgehead atoms. The van der Waals surface area contributed by atoms with Gasteiger partial charge in [-0.05, 0) is 48.9 Å². The molecule has 20 heavy (non-hydrogen) atoms. The molecule has 1 nitrogen and oxygen atoms in total. The van der Waals surface area contributed by atoms with E-state index >= 15 is 0 Å². The Bertz CT molecular complexity index is 597. The fraction of sp³-hybridized carbons (Fsp3) is 0.200. The third-order valence-electron chi connectivity index (χ3n) is 3.06. The molecule has 1 atom stereocenters. The topological polar surface area (TPSA) is 12.0 Å². The largest absolute Gasteiger partial charge is 0.313 e. The molecule has 2 aromatic rings. The van der Waals surface area contributed by atoms with Crippen LogP contribution in [0, 0.1) is 11.6 Å². The molecule has 2 aromatic carbocycles. The van der Waals surface area contributed by atoms with Crippen LogP contribution in [-0.2, 0) is 6.42 Å². The summed E-state index contributed by atoms with van der Waals surface area (Å²) >= 11 is 11.9. The van der Waals surface area contributed by atoms with Gasteiger partial charge in [-0.2, -0.15) is 0 Å². The number of hydrogen-bond donors (Lipinski definition) is 1. The molecule has 2 rings (SSSR count). The first kappa shape index (κ1) is 15.2. The van der Waals surface area contributed by atoms with E-state index in [2.05, 4.69) is 5.32 Å². The van der Waals surface area contributed by atoms with Crippen molar-refractivity contribution in [3.63, 3.8) is 0 Å². The lowest BCUT2D eigenvalue weighted by Crippen LogP contribution is -2.19. The summed E-state index contributed by atoms with van der Waals surface area (Å²) in [7, 11) is 1.78. The number of nitrogens with one attached hydrogen (secondary N) is 1. The van der Waals surface area contributed by atoms with Gasteiger partial charge in [0.25, 0.3) is 0 Å². The van der Waals surface area contributed by atoms with Crippen LogP contribution in [0.25, 0.3) is 0 Å². The van der Waals surface area contributed by atoms with Crippen LogP contribution in [0.15, 0.2) is 36.4 Å². The van der Waals surface area contributed by atoms with Gasteiger partial charge in [0.15, 0.2) is 0 Å². The first-order valence-corrected chi connectivity index (χ1v) is 6.82. The summed E-state index contributed by atoms with van der Waals surface area (Å²) in [4.78, 5) is 0. The van der Waals surface area contributed by atoms with E-state index in [-0.39, 0.29) is 6.04 Å². The number of rotatable bonds is 4. The summed E-state index contributed by atoms with van der Waals surface area (Å²) in [6, 6.07) is 8.69. The number of benzene rings is 2. The van der Waals surface area contributed by atoms with Gasteiger partial charge < -0.3 is 5.32 Å². The van der Waals surface area contributed by atoms with Gasteiger partial charge in [-0.25, -0.2) is 8.78 Å². The molecule has 0 spiro atoms. The average Bonchev–Trinajstić information content (AvgIpc) is 2.38. The normalized spacial score (nSPS) is 12.4. The molecule has 1 unspecified atom stereocenters. The predicted molar refractivity (Wildman–Crippen MR) is 78.3 cm³/mol. The van der Waals surface area contributed by atoms with E-state index < -0.39 is 11.6 Å². The lowest BCUT2D eigenvalue weighted by atomic mass is 9.99. The smallest absolute Gasteiger partial charge is 0.126 e. The lowest BCUT2D eigenvalue weighted by Gasteiger charge is -2.17. The highest BCUT2D eigenvalue weighted by atomic mass is 35.5. The van der Waals surface area contributed by atoms with E-state index in [0.29, 0.717) is 22.0 Å². The second-order valence-electron chi connectivity index (χ2n) is 4.50. The van der Waals surface area contributed by atoms with Crippen LogP contribution in [0.3, 0.4) is 0 Å². The highest BCUT2D eigenvalue weighted by Crippen LogP contribution is 2.27. The highest BCUT2D eigenvalue weighted by Gasteiger charge is 2.13. The minimum atomic E-state index is -0.580. The van der Waals surface area contributed by atoms with Crippen molar-refractivity contribution in [1.29, 1.82) is 0 Å². The van der Waals surface area contributed by atoms with Crippen LogP contribution >= 0.6 is 23.2 Å². The molecule has 0 radical (unpaired) electrons. The first-order chi connectivity index (χ1) is 9.49. The van der Waals surface area contributed by atoms with Crippen molar-refractivity contribution in [2.75, 3.05) is 7.05 Å². The van der Waals surface area contributed by atoms with Gasteiger partial charge in [0.1, 0.15) is 11.6 Å². The molecule has 0 saturated heterocycles. The van der Waals surface area contributed by atoms with E-state index in [1.165, 1.54) is 12.1 Å². The zero-order valence-corrected chi connectivity index (χ0v) is 12.3. The van der Waals surface area contributed by atoms with Crippen LogP contribution in [-0.4, -0.2) is 7.05 Å². The SMILES string of the molecule is CNC(Cc1cc(F)cc(F)c1)c1ccc(Cl)c(Cl)c1. The minimum absolute atomic E-state index is 0.106. The molecule has 0 heterocycles. The van der Waals surface area contributed by atoms with Crippen LogP contribution in [0.5, 0.6) is 0 Å². The van der Waals surface area contributed by atoms with Crippen molar-refractivity contribution in [3.05, 3.63) is 69.2 Å². The average molecular weight is 316 g/mol. The molecule has 0 amide bonds. The van der Waals surface area contributed by atoms with Gasteiger partial charge in [-0.3, -0.25) is 0 Å². The van der Waals surface area contributed by atoms with Gasteiger partial charge in [-0.15, -0.1) is 0 Å². The van der Waals surface area contributed by atoms with Crippen LogP contribution in [0.4, 0.5) is 8.78 Å². The van der Waals surface area contributed by atoms with E-state index in [1.54, 1.807) is 19.2 Å². The molecule has 106 valence electrons. The van der Waals surface area contributed by atoms with Gasteiger partial charge in [0, 0.05) is 12.1 Å². The van der Waals surface area contributed by atoms with E-state index in [0.717, 1.165) is 11.6 Å². The molecule has 0 fully saturated rings.